The quantitative estimate of drug-likeness (QED) is 0.721. The topological polar surface area (TPSA) is 140 Å². The molecular formula is C20H25N7O4S. The Balaban J connectivity index is 1.61. The fourth-order valence-electron chi connectivity index (χ4n) is 3.57. The molecule has 0 aromatic carbocycles. The van der Waals surface area contributed by atoms with Crippen molar-refractivity contribution in [3.8, 4) is 5.95 Å². The molecule has 0 spiro atoms. The van der Waals surface area contributed by atoms with Crippen molar-refractivity contribution in [1.82, 2.24) is 24.8 Å². The van der Waals surface area contributed by atoms with Crippen LogP contribution in [-0.2, 0) is 24.8 Å². The summed E-state index contributed by atoms with van der Waals surface area (Å²) < 4.78 is 25.1. The van der Waals surface area contributed by atoms with Gasteiger partial charge in [0.25, 0.3) is 11.9 Å². The van der Waals surface area contributed by atoms with Crippen LogP contribution < -0.4 is 5.32 Å². The maximum atomic E-state index is 13.0. The third-order valence-corrected chi connectivity index (χ3v) is 7.09. The molecule has 2 aromatic heterocycles. The van der Waals surface area contributed by atoms with Gasteiger partial charge in [-0.15, -0.1) is 0 Å². The van der Waals surface area contributed by atoms with Gasteiger partial charge in [0.1, 0.15) is 11.5 Å². The van der Waals surface area contributed by atoms with Gasteiger partial charge < -0.3 is 5.32 Å². The Labute approximate surface area is 185 Å². The van der Waals surface area contributed by atoms with E-state index < -0.39 is 21.8 Å². The molecule has 11 nitrogen and oxygen atoms in total. The molecule has 1 saturated heterocycles. The van der Waals surface area contributed by atoms with Crippen molar-refractivity contribution in [1.29, 1.82) is 0 Å². The predicted molar refractivity (Wildman–Crippen MR) is 117 cm³/mol. The highest BCUT2D eigenvalue weighted by molar-refractivity contribution is 7.91. The lowest BCUT2D eigenvalue weighted by Crippen LogP contribution is -2.42. The highest BCUT2D eigenvalue weighted by Crippen LogP contribution is 2.26. The van der Waals surface area contributed by atoms with Gasteiger partial charge in [0, 0.05) is 36.7 Å². The highest BCUT2D eigenvalue weighted by Gasteiger charge is 2.37. The van der Waals surface area contributed by atoms with E-state index in [0.29, 0.717) is 18.2 Å². The molecule has 170 valence electrons. The van der Waals surface area contributed by atoms with Crippen molar-refractivity contribution in [2.45, 2.75) is 51.5 Å². The molecule has 1 fully saturated rings. The minimum Gasteiger partial charge on any atom is -0.305 e. The van der Waals surface area contributed by atoms with Gasteiger partial charge in [-0.25, -0.2) is 23.4 Å². The molecule has 0 radical (unpaired) electrons. The van der Waals surface area contributed by atoms with E-state index in [9.17, 15) is 18.0 Å². The monoisotopic (exact) mass is 459 g/mol. The zero-order valence-electron chi connectivity index (χ0n) is 18.1. The molecule has 4 heterocycles. The van der Waals surface area contributed by atoms with Crippen LogP contribution in [-0.4, -0.2) is 68.2 Å². The van der Waals surface area contributed by atoms with Crippen LogP contribution in [0.5, 0.6) is 0 Å². The molecule has 1 unspecified atom stereocenters. The van der Waals surface area contributed by atoms with Crippen LogP contribution in [0.3, 0.4) is 0 Å². The Morgan fingerprint density at radius 1 is 1.19 bits per heavy atom. The number of hydrogen-bond donors (Lipinski definition) is 1. The standard InChI is InChI=1S/C20H25N7O4S/c1-20(2,3)15-11-16(27(25-15)19-21-8-4-9-22-19)23-18(29)14-5-6-17(28)26(24-14)13-7-10-32(30,31)12-13/h4,8-9,11,13H,5-7,10,12H2,1-3H3,(H,23,29). The Morgan fingerprint density at radius 2 is 1.91 bits per heavy atom. The summed E-state index contributed by atoms with van der Waals surface area (Å²) in [4.78, 5) is 33.8. The van der Waals surface area contributed by atoms with E-state index in [1.165, 1.54) is 9.69 Å². The number of hydrogen-bond acceptors (Lipinski definition) is 8. The normalized spacial score (nSPS) is 20.8. The van der Waals surface area contributed by atoms with Gasteiger partial charge in [-0.3, -0.25) is 9.59 Å². The molecule has 1 N–H and O–H groups in total. The summed E-state index contributed by atoms with van der Waals surface area (Å²) in [6, 6.07) is 2.90. The maximum Gasteiger partial charge on any atom is 0.273 e. The number of carbonyl (C=O) groups is 2. The zero-order valence-corrected chi connectivity index (χ0v) is 19.0. The lowest BCUT2D eigenvalue weighted by molar-refractivity contribution is -0.133. The second kappa shape index (κ2) is 8.08. The van der Waals surface area contributed by atoms with Gasteiger partial charge in [0.15, 0.2) is 9.84 Å². The molecule has 0 bridgehead atoms. The van der Waals surface area contributed by atoms with Crippen LogP contribution in [0, 0.1) is 0 Å². The molecule has 2 amide bonds. The average molecular weight is 460 g/mol. The second-order valence-corrected chi connectivity index (χ2v) is 11.2. The van der Waals surface area contributed by atoms with Gasteiger partial charge in [-0.2, -0.15) is 14.9 Å². The van der Waals surface area contributed by atoms with E-state index in [1.54, 1.807) is 24.5 Å². The smallest absolute Gasteiger partial charge is 0.273 e. The van der Waals surface area contributed by atoms with Gasteiger partial charge >= 0.3 is 0 Å². The highest BCUT2D eigenvalue weighted by atomic mass is 32.2. The largest absolute Gasteiger partial charge is 0.305 e. The number of amides is 2. The molecule has 32 heavy (non-hydrogen) atoms. The minimum atomic E-state index is -3.19. The number of sulfone groups is 1. The molecule has 0 aliphatic carbocycles. The SMILES string of the molecule is CC(C)(C)c1cc(NC(=O)C2=NN(C3CCS(=O)(=O)C3)C(=O)CC2)n(-c2ncccn2)n1. The number of aromatic nitrogens is 4. The van der Waals surface area contributed by atoms with Gasteiger partial charge in [0.05, 0.1) is 23.2 Å². The number of hydrazone groups is 1. The fraction of sp³-hybridized carbons (Fsp3) is 0.500. The van der Waals surface area contributed by atoms with E-state index in [-0.39, 0.29) is 41.4 Å². The van der Waals surface area contributed by atoms with E-state index >= 15 is 0 Å². The van der Waals surface area contributed by atoms with E-state index in [1.807, 2.05) is 20.8 Å². The lowest BCUT2D eigenvalue weighted by atomic mass is 9.92. The summed E-state index contributed by atoms with van der Waals surface area (Å²) in [7, 11) is -3.19. The van der Waals surface area contributed by atoms with Crippen LogP contribution in [0.2, 0.25) is 0 Å². The van der Waals surface area contributed by atoms with Crippen LogP contribution in [0.4, 0.5) is 5.82 Å². The van der Waals surface area contributed by atoms with Crippen molar-refractivity contribution in [3.63, 3.8) is 0 Å². The molecule has 0 saturated carbocycles. The molecule has 2 aliphatic heterocycles. The zero-order chi connectivity index (χ0) is 23.1. The summed E-state index contributed by atoms with van der Waals surface area (Å²) in [6.45, 7) is 6.00. The number of anilines is 1. The summed E-state index contributed by atoms with van der Waals surface area (Å²) in [5, 5.41) is 12.8. The van der Waals surface area contributed by atoms with Gasteiger partial charge in [-0.05, 0) is 12.5 Å². The third kappa shape index (κ3) is 4.54. The number of nitrogens with zero attached hydrogens (tertiary/aromatic N) is 6. The van der Waals surface area contributed by atoms with E-state index in [2.05, 4.69) is 25.5 Å². The molecule has 12 heteroatoms. The molecule has 2 aromatic rings. The van der Waals surface area contributed by atoms with Gasteiger partial charge in [-0.1, -0.05) is 20.8 Å². The molecule has 4 rings (SSSR count). The first kappa shape index (κ1) is 22.1. The Morgan fingerprint density at radius 3 is 2.53 bits per heavy atom. The average Bonchev–Trinajstić information content (AvgIpc) is 3.32. The Kier molecular flexibility index (Phi) is 5.57. The second-order valence-electron chi connectivity index (χ2n) is 8.92. The van der Waals surface area contributed by atoms with E-state index in [4.69, 9.17) is 0 Å². The van der Waals surface area contributed by atoms with Crippen LogP contribution >= 0.6 is 0 Å². The summed E-state index contributed by atoms with van der Waals surface area (Å²) in [6.07, 6.45) is 3.74. The lowest BCUT2D eigenvalue weighted by Gasteiger charge is -2.27. The predicted octanol–water partition coefficient (Wildman–Crippen LogP) is 1.06. The maximum absolute atomic E-state index is 13.0. The Bertz CT molecular complexity index is 1180. The summed E-state index contributed by atoms with van der Waals surface area (Å²) in [5.41, 5.74) is 0.616. The van der Waals surface area contributed by atoms with Crippen molar-refractivity contribution < 1.29 is 18.0 Å². The van der Waals surface area contributed by atoms with Crippen LogP contribution in [0.15, 0.2) is 29.6 Å². The van der Waals surface area contributed by atoms with Crippen LogP contribution in [0.1, 0.15) is 45.7 Å². The number of carbonyl (C=O) groups excluding carboxylic acids is 2. The minimum absolute atomic E-state index is 0.0182. The molecule has 2 aliphatic rings. The van der Waals surface area contributed by atoms with E-state index in [0.717, 1.165) is 5.69 Å². The van der Waals surface area contributed by atoms with Crippen LogP contribution in [0.25, 0.3) is 5.95 Å². The van der Waals surface area contributed by atoms with Crippen molar-refractivity contribution in [3.05, 3.63) is 30.2 Å². The third-order valence-electron chi connectivity index (χ3n) is 5.34. The fourth-order valence-corrected chi connectivity index (χ4v) is 5.26. The Hall–Kier alpha value is -3.15. The first-order valence-corrected chi connectivity index (χ1v) is 12.1. The van der Waals surface area contributed by atoms with Crippen molar-refractivity contribution in [2.75, 3.05) is 16.8 Å². The van der Waals surface area contributed by atoms with Gasteiger partial charge in [0.2, 0.25) is 5.91 Å². The van der Waals surface area contributed by atoms with Crippen molar-refractivity contribution in [2.24, 2.45) is 5.10 Å². The summed E-state index contributed by atoms with van der Waals surface area (Å²) >= 11 is 0. The molecular weight excluding hydrogens is 434 g/mol. The summed E-state index contributed by atoms with van der Waals surface area (Å²) in [5.74, 6) is -0.200. The first-order valence-electron chi connectivity index (χ1n) is 10.3. The first-order chi connectivity index (χ1) is 15.0. The number of rotatable bonds is 4. The number of nitrogens with one attached hydrogen (secondary N) is 1. The van der Waals surface area contributed by atoms with Crippen molar-refractivity contribution >= 4 is 33.2 Å². The molecule has 1 atom stereocenters.